The molecule has 2 aliphatic heterocycles. The highest BCUT2D eigenvalue weighted by molar-refractivity contribution is 5.92. The quantitative estimate of drug-likeness (QED) is 0.477. The highest BCUT2D eigenvalue weighted by atomic mass is 19.4. The average molecular weight is 528 g/mol. The number of carboxylic acid groups (broad SMARTS) is 1. The number of primary amides is 1. The fourth-order valence-corrected chi connectivity index (χ4v) is 5.64. The highest BCUT2D eigenvalue weighted by Gasteiger charge is 2.41. The van der Waals surface area contributed by atoms with Crippen molar-refractivity contribution in [2.24, 2.45) is 11.7 Å². The van der Waals surface area contributed by atoms with Crippen LogP contribution < -0.4 is 5.73 Å². The predicted molar refractivity (Wildman–Crippen MR) is 130 cm³/mol. The van der Waals surface area contributed by atoms with Crippen molar-refractivity contribution < 1.29 is 37.8 Å². The zero-order valence-corrected chi connectivity index (χ0v) is 21.0. The fourth-order valence-electron chi connectivity index (χ4n) is 5.64. The largest absolute Gasteiger partial charge is 0.490 e. The van der Waals surface area contributed by atoms with E-state index in [0.29, 0.717) is 36.0 Å². The van der Waals surface area contributed by atoms with Crippen LogP contribution in [0.4, 0.5) is 13.2 Å². The Labute approximate surface area is 214 Å². The zero-order chi connectivity index (χ0) is 27.3. The number of carbonyl (C=O) groups is 3. The van der Waals surface area contributed by atoms with Gasteiger partial charge in [0.15, 0.2) is 0 Å². The molecule has 3 fully saturated rings. The number of rotatable bonds is 8. The van der Waals surface area contributed by atoms with Crippen LogP contribution in [-0.2, 0) is 9.59 Å². The molecule has 206 valence electrons. The second-order valence-corrected chi connectivity index (χ2v) is 10.3. The van der Waals surface area contributed by atoms with Gasteiger partial charge in [-0.2, -0.15) is 13.2 Å². The van der Waals surface area contributed by atoms with Gasteiger partial charge in [-0.25, -0.2) is 4.79 Å². The Morgan fingerprint density at radius 2 is 1.73 bits per heavy atom. The summed E-state index contributed by atoms with van der Waals surface area (Å²) < 4.78 is 31.7. The second kappa shape index (κ2) is 12.3. The molecule has 0 aromatic heterocycles. The topological polar surface area (TPSA) is 124 Å². The molecule has 2 amide bonds. The van der Waals surface area contributed by atoms with Crippen molar-refractivity contribution >= 4 is 17.8 Å². The van der Waals surface area contributed by atoms with Gasteiger partial charge in [-0.05, 0) is 75.0 Å². The van der Waals surface area contributed by atoms with Crippen LogP contribution in [0, 0.1) is 5.92 Å². The number of hydrogen-bond donors (Lipinski definition) is 3. The molecule has 2 bridgehead atoms. The van der Waals surface area contributed by atoms with Crippen LogP contribution in [0.5, 0.6) is 0 Å². The minimum absolute atomic E-state index is 0.132. The number of fused-ring (bicyclic) bond motifs is 2. The van der Waals surface area contributed by atoms with Gasteiger partial charge >= 0.3 is 12.1 Å². The van der Waals surface area contributed by atoms with Gasteiger partial charge in [-0.3, -0.25) is 14.5 Å². The van der Waals surface area contributed by atoms with Gasteiger partial charge in [0.1, 0.15) is 6.10 Å². The van der Waals surface area contributed by atoms with Gasteiger partial charge < -0.3 is 20.8 Å². The third-order valence-electron chi connectivity index (χ3n) is 7.77. The number of halogens is 3. The Balaban J connectivity index is 0.000000479. The number of aliphatic carboxylic acids is 1. The monoisotopic (exact) mass is 527 g/mol. The molecule has 2 saturated heterocycles. The first-order chi connectivity index (χ1) is 17.4. The van der Waals surface area contributed by atoms with E-state index >= 15 is 0 Å². The molecule has 4 N–H and O–H groups in total. The van der Waals surface area contributed by atoms with Gasteiger partial charge in [0.25, 0.3) is 5.91 Å². The number of benzene rings is 1. The van der Waals surface area contributed by atoms with Crippen LogP contribution in [0.25, 0.3) is 0 Å². The Morgan fingerprint density at radius 3 is 2.19 bits per heavy atom. The Bertz CT molecular complexity index is 953. The van der Waals surface area contributed by atoms with Crippen molar-refractivity contribution in [1.82, 2.24) is 9.80 Å². The third kappa shape index (κ3) is 7.67. The van der Waals surface area contributed by atoms with Gasteiger partial charge in [0, 0.05) is 37.3 Å². The lowest BCUT2D eigenvalue weighted by atomic mass is 9.84. The summed E-state index contributed by atoms with van der Waals surface area (Å²) in [5, 5.41) is 17.0. The lowest BCUT2D eigenvalue weighted by molar-refractivity contribution is -0.192. The SMILES string of the molecule is C[C@H](O)C(=O)N(CCN1C2CCC1CC(c1cccc(C(N)=O)c1)C2)CC1CCC1.O=C(O)C(F)(F)F. The van der Waals surface area contributed by atoms with Crippen LogP contribution in [0.1, 0.15) is 73.7 Å². The van der Waals surface area contributed by atoms with Crippen molar-refractivity contribution in [2.75, 3.05) is 19.6 Å². The van der Waals surface area contributed by atoms with E-state index in [9.17, 15) is 27.9 Å². The lowest BCUT2D eigenvalue weighted by Crippen LogP contribution is -2.49. The summed E-state index contributed by atoms with van der Waals surface area (Å²) in [5.41, 5.74) is 7.28. The first kappa shape index (κ1) is 28.9. The van der Waals surface area contributed by atoms with Crippen molar-refractivity contribution in [1.29, 1.82) is 0 Å². The summed E-state index contributed by atoms with van der Waals surface area (Å²) in [6.07, 6.45) is 2.22. The summed E-state index contributed by atoms with van der Waals surface area (Å²) in [5.74, 6) is -2.19. The molecule has 3 aliphatic rings. The van der Waals surface area contributed by atoms with Crippen molar-refractivity contribution in [3.05, 3.63) is 35.4 Å². The second-order valence-electron chi connectivity index (χ2n) is 10.3. The molecule has 37 heavy (non-hydrogen) atoms. The molecular weight excluding hydrogens is 491 g/mol. The smallest absolute Gasteiger partial charge is 0.475 e. The summed E-state index contributed by atoms with van der Waals surface area (Å²) in [4.78, 5) is 37.5. The van der Waals surface area contributed by atoms with E-state index in [1.807, 2.05) is 17.0 Å². The highest BCUT2D eigenvalue weighted by Crippen LogP contribution is 2.43. The van der Waals surface area contributed by atoms with E-state index < -0.39 is 18.2 Å². The number of nitrogens with two attached hydrogens (primary N) is 1. The first-order valence-electron chi connectivity index (χ1n) is 12.8. The van der Waals surface area contributed by atoms with Crippen LogP contribution in [-0.4, -0.2) is 81.8 Å². The molecule has 1 aromatic carbocycles. The molecule has 2 unspecified atom stereocenters. The first-order valence-corrected chi connectivity index (χ1v) is 12.8. The van der Waals surface area contributed by atoms with E-state index in [0.717, 1.165) is 25.9 Å². The number of amides is 2. The number of aliphatic hydroxyl groups excluding tert-OH is 1. The van der Waals surface area contributed by atoms with Crippen LogP contribution in [0.15, 0.2) is 24.3 Å². The summed E-state index contributed by atoms with van der Waals surface area (Å²) in [7, 11) is 0. The molecule has 0 spiro atoms. The van der Waals surface area contributed by atoms with Gasteiger partial charge in [0.05, 0.1) is 0 Å². The van der Waals surface area contributed by atoms with Gasteiger partial charge in [0.2, 0.25) is 5.91 Å². The number of aliphatic hydroxyl groups is 1. The van der Waals surface area contributed by atoms with E-state index in [-0.39, 0.29) is 11.8 Å². The average Bonchev–Trinajstić information content (AvgIpc) is 3.04. The van der Waals surface area contributed by atoms with E-state index in [1.54, 1.807) is 13.0 Å². The van der Waals surface area contributed by atoms with E-state index in [1.165, 1.54) is 37.7 Å². The molecule has 1 aromatic rings. The van der Waals surface area contributed by atoms with E-state index in [4.69, 9.17) is 15.6 Å². The number of nitrogens with zero attached hydrogens (tertiary/aromatic N) is 2. The standard InChI is InChI=1S/C24H35N3O3.C2HF3O2/c1-16(28)24(30)26(15-17-4-2-5-17)10-11-27-21-8-9-22(27)14-20(13-21)18-6-3-7-19(12-18)23(25)29;3-2(4,5)1(6)7/h3,6-7,12,16-17,20-22,28H,2,4-5,8-11,13-15H2,1H3,(H2,25,29);(H,6,7)/t16-,20?,21?,22?;/m0./s1. The van der Waals surface area contributed by atoms with Crippen molar-refractivity contribution in [3.63, 3.8) is 0 Å². The number of piperidine rings is 1. The molecule has 1 saturated carbocycles. The number of alkyl halides is 3. The molecule has 2 heterocycles. The predicted octanol–water partition coefficient (Wildman–Crippen LogP) is 3.14. The minimum atomic E-state index is -5.08. The minimum Gasteiger partial charge on any atom is -0.475 e. The van der Waals surface area contributed by atoms with Crippen LogP contribution in [0.2, 0.25) is 0 Å². The maximum absolute atomic E-state index is 12.5. The number of carbonyl (C=O) groups excluding carboxylic acids is 2. The fraction of sp³-hybridized carbons (Fsp3) is 0.654. The van der Waals surface area contributed by atoms with Crippen molar-refractivity contribution in [3.8, 4) is 0 Å². The number of carboxylic acids is 1. The zero-order valence-electron chi connectivity index (χ0n) is 21.0. The lowest BCUT2D eigenvalue weighted by Gasteiger charge is -2.41. The maximum atomic E-state index is 12.5. The summed E-state index contributed by atoms with van der Waals surface area (Å²) in [6, 6.07) is 8.85. The summed E-state index contributed by atoms with van der Waals surface area (Å²) in [6.45, 7) is 3.95. The molecular formula is C26H36F3N3O5. The molecule has 1 aliphatic carbocycles. The molecule has 8 nitrogen and oxygen atoms in total. The molecule has 11 heteroatoms. The molecule has 3 atom stereocenters. The Kier molecular flexibility index (Phi) is 9.57. The van der Waals surface area contributed by atoms with Crippen LogP contribution >= 0.6 is 0 Å². The third-order valence-corrected chi connectivity index (χ3v) is 7.77. The normalized spacial score (nSPS) is 24.4. The molecule has 0 radical (unpaired) electrons. The maximum Gasteiger partial charge on any atom is 0.490 e. The van der Waals surface area contributed by atoms with Gasteiger partial charge in [-0.15, -0.1) is 0 Å². The number of hydrogen-bond acceptors (Lipinski definition) is 5. The summed E-state index contributed by atoms with van der Waals surface area (Å²) >= 11 is 0. The van der Waals surface area contributed by atoms with Gasteiger partial charge in [-0.1, -0.05) is 18.6 Å². The Morgan fingerprint density at radius 1 is 1.14 bits per heavy atom. The van der Waals surface area contributed by atoms with Crippen LogP contribution in [0.3, 0.4) is 0 Å². The molecule has 4 rings (SSSR count). The van der Waals surface area contributed by atoms with E-state index in [2.05, 4.69) is 11.0 Å². The Hall–Kier alpha value is -2.66. The van der Waals surface area contributed by atoms with Crippen molar-refractivity contribution in [2.45, 2.75) is 82.2 Å².